The van der Waals surface area contributed by atoms with Crippen molar-refractivity contribution < 1.29 is 4.79 Å². The van der Waals surface area contributed by atoms with Gasteiger partial charge in [0.1, 0.15) is 5.78 Å². The van der Waals surface area contributed by atoms with Gasteiger partial charge in [-0.05, 0) is 5.56 Å². The summed E-state index contributed by atoms with van der Waals surface area (Å²) < 4.78 is 0. The Labute approximate surface area is 91.8 Å². The summed E-state index contributed by atoms with van der Waals surface area (Å²) in [5.41, 5.74) is 1.17. The third-order valence-corrected chi connectivity index (χ3v) is 2.58. The van der Waals surface area contributed by atoms with Crippen LogP contribution in [-0.4, -0.2) is 5.78 Å². The van der Waals surface area contributed by atoms with Crippen LogP contribution in [0.4, 0.5) is 0 Å². The fourth-order valence-corrected chi connectivity index (χ4v) is 1.49. The molecular weight excluding hydrogens is 184 g/mol. The first-order valence-electron chi connectivity index (χ1n) is 5.35. The minimum Gasteiger partial charge on any atom is -0.299 e. The molecule has 0 saturated heterocycles. The van der Waals surface area contributed by atoms with E-state index < -0.39 is 0 Å². The maximum absolute atomic E-state index is 11.6. The second kappa shape index (κ2) is 5.50. The molecule has 0 aromatic heterocycles. The van der Waals surface area contributed by atoms with Crippen LogP contribution in [-0.2, 0) is 4.79 Å². The van der Waals surface area contributed by atoms with Crippen molar-refractivity contribution in [1.29, 1.82) is 0 Å². The van der Waals surface area contributed by atoms with Crippen LogP contribution in [0.2, 0.25) is 0 Å². The average molecular weight is 202 g/mol. The number of Topliss-reactive ketones (excluding diaryl/α,β-unsaturated/α-hetero) is 1. The lowest BCUT2D eigenvalue weighted by atomic mass is 9.91. The van der Waals surface area contributed by atoms with E-state index in [4.69, 9.17) is 0 Å². The predicted octanol–water partition coefficient (Wildman–Crippen LogP) is 3.57. The summed E-state index contributed by atoms with van der Waals surface area (Å²) in [6, 6.07) is 10.0. The molecule has 1 heteroatoms. The van der Waals surface area contributed by atoms with Gasteiger partial charge in [-0.2, -0.15) is 0 Å². The van der Waals surface area contributed by atoms with Gasteiger partial charge in [0.15, 0.2) is 0 Å². The Morgan fingerprint density at radius 1 is 1.33 bits per heavy atom. The third-order valence-electron chi connectivity index (χ3n) is 2.58. The van der Waals surface area contributed by atoms with E-state index in [0.29, 0.717) is 12.2 Å². The Kier molecular flexibility index (Phi) is 4.29. The Bertz CT molecular complexity index is 324. The Hall–Kier alpha value is -1.37. The van der Waals surface area contributed by atoms with Gasteiger partial charge in [-0.1, -0.05) is 50.3 Å². The highest BCUT2D eigenvalue weighted by molar-refractivity contribution is 5.81. The fraction of sp³-hybridized carbons (Fsp3) is 0.357. The molecule has 0 bridgehead atoms. The molecule has 0 spiro atoms. The number of allylic oxidation sites excluding steroid dienone is 1. The van der Waals surface area contributed by atoms with Crippen molar-refractivity contribution >= 4 is 5.78 Å². The fourth-order valence-electron chi connectivity index (χ4n) is 1.49. The molecule has 0 N–H and O–H groups in total. The van der Waals surface area contributed by atoms with Crippen molar-refractivity contribution in [2.75, 3.05) is 0 Å². The molecule has 0 saturated carbocycles. The summed E-state index contributed by atoms with van der Waals surface area (Å²) in [7, 11) is 0. The number of ketones is 1. The van der Waals surface area contributed by atoms with Crippen molar-refractivity contribution in [2.24, 2.45) is 5.92 Å². The van der Waals surface area contributed by atoms with Crippen LogP contribution >= 0.6 is 0 Å². The maximum Gasteiger partial charge on any atom is 0.136 e. The second-order valence-electron chi connectivity index (χ2n) is 4.08. The van der Waals surface area contributed by atoms with E-state index in [2.05, 4.69) is 6.58 Å². The van der Waals surface area contributed by atoms with Crippen LogP contribution < -0.4 is 0 Å². The highest BCUT2D eigenvalue weighted by atomic mass is 16.1. The quantitative estimate of drug-likeness (QED) is 0.667. The van der Waals surface area contributed by atoms with Gasteiger partial charge in [0, 0.05) is 18.3 Å². The van der Waals surface area contributed by atoms with E-state index >= 15 is 0 Å². The first-order valence-corrected chi connectivity index (χ1v) is 5.35. The van der Waals surface area contributed by atoms with Crippen molar-refractivity contribution in [3.8, 4) is 0 Å². The maximum atomic E-state index is 11.6. The van der Waals surface area contributed by atoms with E-state index in [1.165, 1.54) is 5.56 Å². The van der Waals surface area contributed by atoms with E-state index in [-0.39, 0.29) is 11.8 Å². The number of hydrogen-bond acceptors (Lipinski definition) is 1. The summed E-state index contributed by atoms with van der Waals surface area (Å²) in [5, 5.41) is 0. The van der Waals surface area contributed by atoms with Gasteiger partial charge < -0.3 is 0 Å². The van der Waals surface area contributed by atoms with Crippen molar-refractivity contribution in [3.05, 3.63) is 48.6 Å². The molecule has 0 aliphatic carbocycles. The predicted molar refractivity (Wildman–Crippen MR) is 63.8 cm³/mol. The first kappa shape index (κ1) is 11.7. The van der Waals surface area contributed by atoms with Gasteiger partial charge in [-0.15, -0.1) is 6.58 Å². The molecule has 0 aliphatic rings. The highest BCUT2D eigenvalue weighted by Gasteiger charge is 2.14. The number of rotatable bonds is 5. The molecule has 15 heavy (non-hydrogen) atoms. The molecule has 1 atom stereocenters. The number of carbonyl (C=O) groups excluding carboxylic acids is 1. The lowest BCUT2D eigenvalue weighted by Crippen LogP contribution is -2.11. The Morgan fingerprint density at radius 2 is 1.93 bits per heavy atom. The zero-order valence-corrected chi connectivity index (χ0v) is 9.44. The molecular formula is C14H18O. The normalized spacial score (nSPS) is 12.5. The average Bonchev–Trinajstić information content (AvgIpc) is 2.26. The molecule has 0 aliphatic heterocycles. The van der Waals surface area contributed by atoms with E-state index in [1.807, 2.05) is 50.3 Å². The molecule has 0 amide bonds. The van der Waals surface area contributed by atoms with E-state index in [9.17, 15) is 4.79 Å². The molecule has 0 heterocycles. The van der Waals surface area contributed by atoms with Crippen LogP contribution in [0, 0.1) is 5.92 Å². The summed E-state index contributed by atoms with van der Waals surface area (Å²) in [6.45, 7) is 7.67. The molecule has 0 radical (unpaired) electrons. The van der Waals surface area contributed by atoms with E-state index in [0.717, 1.165) is 0 Å². The van der Waals surface area contributed by atoms with Gasteiger partial charge in [0.05, 0.1) is 0 Å². The van der Waals surface area contributed by atoms with Gasteiger partial charge in [-0.25, -0.2) is 0 Å². The molecule has 1 aromatic carbocycles. The van der Waals surface area contributed by atoms with Crippen molar-refractivity contribution in [2.45, 2.75) is 26.2 Å². The standard InChI is InChI=1S/C14H18O/c1-4-12(10-14(15)11(2)3)13-8-6-5-7-9-13/h4-9,11-12H,1,10H2,2-3H3/t12-/m0/s1. The summed E-state index contributed by atoms with van der Waals surface area (Å²) in [4.78, 5) is 11.6. The number of carbonyl (C=O) groups is 1. The molecule has 1 nitrogen and oxygen atoms in total. The molecule has 80 valence electrons. The largest absolute Gasteiger partial charge is 0.299 e. The Morgan fingerprint density at radius 3 is 2.40 bits per heavy atom. The summed E-state index contributed by atoms with van der Waals surface area (Å²) in [6.07, 6.45) is 2.42. The number of benzene rings is 1. The zero-order chi connectivity index (χ0) is 11.3. The van der Waals surface area contributed by atoms with Crippen molar-refractivity contribution in [1.82, 2.24) is 0 Å². The van der Waals surface area contributed by atoms with Gasteiger partial charge in [0.25, 0.3) is 0 Å². The van der Waals surface area contributed by atoms with Crippen LogP contribution in [0.15, 0.2) is 43.0 Å². The van der Waals surface area contributed by atoms with Crippen LogP contribution in [0.3, 0.4) is 0 Å². The van der Waals surface area contributed by atoms with Gasteiger partial charge in [0.2, 0.25) is 0 Å². The lowest BCUT2D eigenvalue weighted by molar-refractivity contribution is -0.122. The smallest absolute Gasteiger partial charge is 0.136 e. The van der Waals surface area contributed by atoms with Crippen LogP contribution in [0.25, 0.3) is 0 Å². The minimum absolute atomic E-state index is 0.108. The molecule has 0 unspecified atom stereocenters. The lowest BCUT2D eigenvalue weighted by Gasteiger charge is -2.13. The zero-order valence-electron chi connectivity index (χ0n) is 9.44. The molecule has 1 aromatic rings. The summed E-state index contributed by atoms with van der Waals surface area (Å²) in [5.74, 6) is 0.556. The highest BCUT2D eigenvalue weighted by Crippen LogP contribution is 2.22. The summed E-state index contributed by atoms with van der Waals surface area (Å²) >= 11 is 0. The van der Waals surface area contributed by atoms with Crippen LogP contribution in [0.5, 0.6) is 0 Å². The third kappa shape index (κ3) is 3.35. The SMILES string of the molecule is C=C[C@@H](CC(=O)C(C)C)c1ccccc1. The van der Waals surface area contributed by atoms with Crippen molar-refractivity contribution in [3.63, 3.8) is 0 Å². The first-order chi connectivity index (χ1) is 7.15. The number of hydrogen-bond donors (Lipinski definition) is 0. The monoisotopic (exact) mass is 202 g/mol. The van der Waals surface area contributed by atoms with Gasteiger partial charge >= 0.3 is 0 Å². The molecule has 0 fully saturated rings. The second-order valence-corrected chi connectivity index (χ2v) is 4.08. The Balaban J connectivity index is 2.73. The molecule has 1 rings (SSSR count). The van der Waals surface area contributed by atoms with Gasteiger partial charge in [-0.3, -0.25) is 4.79 Å². The minimum atomic E-state index is 0.108. The van der Waals surface area contributed by atoms with Crippen LogP contribution in [0.1, 0.15) is 31.7 Å². The topological polar surface area (TPSA) is 17.1 Å². The van der Waals surface area contributed by atoms with E-state index in [1.54, 1.807) is 0 Å².